The van der Waals surface area contributed by atoms with E-state index in [4.69, 9.17) is 5.11 Å². The minimum absolute atomic E-state index is 0.0331. The number of hydrogen-bond acceptors (Lipinski definition) is 4. The smallest absolute Gasteiger partial charge is 0.271 e. The van der Waals surface area contributed by atoms with E-state index in [9.17, 15) is 9.59 Å². The molecule has 2 aromatic heterocycles. The second-order valence-corrected chi connectivity index (χ2v) is 9.74. The highest BCUT2D eigenvalue weighted by Crippen LogP contribution is 2.61. The number of aliphatic hydroxyl groups is 1. The molecule has 160 valence electrons. The van der Waals surface area contributed by atoms with Gasteiger partial charge in [0.25, 0.3) is 5.91 Å². The van der Waals surface area contributed by atoms with Crippen molar-refractivity contribution in [3.05, 3.63) is 30.1 Å². The van der Waals surface area contributed by atoms with Crippen LogP contribution in [0.1, 0.15) is 61.9 Å². The highest BCUT2D eigenvalue weighted by atomic mass is 16.3. The van der Waals surface area contributed by atoms with Crippen molar-refractivity contribution in [2.75, 3.05) is 18.5 Å². The van der Waals surface area contributed by atoms with Crippen molar-refractivity contribution in [1.29, 1.82) is 0 Å². The Morgan fingerprint density at radius 2 is 1.83 bits per heavy atom. The lowest BCUT2D eigenvalue weighted by molar-refractivity contribution is -0.124. The van der Waals surface area contributed by atoms with Gasteiger partial charge in [-0.05, 0) is 80.2 Å². The number of nitrogens with one attached hydrogen (secondary N) is 2. The van der Waals surface area contributed by atoms with E-state index in [-0.39, 0.29) is 23.8 Å². The first-order valence-corrected chi connectivity index (χ1v) is 11.2. The van der Waals surface area contributed by atoms with Crippen LogP contribution < -0.4 is 10.6 Å². The average molecular weight is 411 g/mol. The van der Waals surface area contributed by atoms with Crippen molar-refractivity contribution in [3.63, 3.8) is 0 Å². The number of amides is 2. The lowest BCUT2D eigenvalue weighted by atomic mass is 9.49. The van der Waals surface area contributed by atoms with Crippen molar-refractivity contribution in [3.8, 4) is 0 Å². The molecule has 7 nitrogen and oxygen atoms in total. The SMILES string of the molecule is O=C(CC12CC3CC(CC(C3)C1)C2)Nc1cccc2nc(C(=O)NCCCO)cn12. The van der Waals surface area contributed by atoms with E-state index >= 15 is 0 Å². The Hall–Kier alpha value is -2.41. The first-order valence-electron chi connectivity index (χ1n) is 11.2. The maximum absolute atomic E-state index is 13.0. The number of carbonyl (C=O) groups excluding carboxylic acids is 2. The molecule has 3 N–H and O–H groups in total. The lowest BCUT2D eigenvalue weighted by Gasteiger charge is -2.56. The van der Waals surface area contributed by atoms with Crippen molar-refractivity contribution < 1.29 is 14.7 Å². The molecule has 30 heavy (non-hydrogen) atoms. The Morgan fingerprint density at radius 1 is 1.13 bits per heavy atom. The number of aliphatic hydroxyl groups excluding tert-OH is 1. The number of fused-ring (bicyclic) bond motifs is 1. The van der Waals surface area contributed by atoms with E-state index in [1.807, 2.05) is 18.2 Å². The van der Waals surface area contributed by atoms with E-state index in [0.29, 0.717) is 36.5 Å². The van der Waals surface area contributed by atoms with Crippen LogP contribution in [0.4, 0.5) is 5.82 Å². The van der Waals surface area contributed by atoms with Crippen LogP contribution in [0.5, 0.6) is 0 Å². The molecule has 7 heteroatoms. The third kappa shape index (κ3) is 3.71. The predicted molar refractivity (Wildman–Crippen MR) is 113 cm³/mol. The zero-order valence-corrected chi connectivity index (χ0v) is 17.3. The molecule has 0 spiro atoms. The quantitative estimate of drug-likeness (QED) is 0.612. The minimum atomic E-state index is -0.280. The van der Waals surface area contributed by atoms with Gasteiger partial charge in [0.05, 0.1) is 0 Å². The molecule has 0 unspecified atom stereocenters. The number of aromatic nitrogens is 2. The molecule has 4 saturated carbocycles. The number of pyridine rings is 1. The van der Waals surface area contributed by atoms with E-state index in [1.54, 1.807) is 10.6 Å². The van der Waals surface area contributed by atoms with Gasteiger partial charge in [-0.1, -0.05) is 6.07 Å². The maximum atomic E-state index is 13.0. The molecule has 0 atom stereocenters. The van der Waals surface area contributed by atoms with Gasteiger partial charge in [0, 0.05) is 25.8 Å². The van der Waals surface area contributed by atoms with Gasteiger partial charge < -0.3 is 15.7 Å². The third-order valence-corrected chi connectivity index (χ3v) is 7.31. The molecule has 2 aromatic rings. The molecule has 0 radical (unpaired) electrons. The van der Waals surface area contributed by atoms with E-state index in [0.717, 1.165) is 17.8 Å². The topological polar surface area (TPSA) is 95.7 Å². The van der Waals surface area contributed by atoms with Gasteiger partial charge in [0.15, 0.2) is 0 Å². The van der Waals surface area contributed by atoms with Gasteiger partial charge in [0.2, 0.25) is 5.91 Å². The number of rotatable bonds is 7. The van der Waals surface area contributed by atoms with Gasteiger partial charge in [-0.25, -0.2) is 4.98 Å². The van der Waals surface area contributed by atoms with Gasteiger partial charge in [-0.2, -0.15) is 0 Å². The van der Waals surface area contributed by atoms with Crippen LogP contribution in [-0.4, -0.2) is 39.5 Å². The van der Waals surface area contributed by atoms with Crippen LogP contribution in [-0.2, 0) is 4.79 Å². The molecule has 0 aromatic carbocycles. The summed E-state index contributed by atoms with van der Waals surface area (Å²) >= 11 is 0. The third-order valence-electron chi connectivity index (χ3n) is 7.31. The van der Waals surface area contributed by atoms with Crippen molar-refractivity contribution in [1.82, 2.24) is 14.7 Å². The lowest BCUT2D eigenvalue weighted by Crippen LogP contribution is -2.47. The summed E-state index contributed by atoms with van der Waals surface area (Å²) in [7, 11) is 0. The molecule has 2 amide bonds. The minimum Gasteiger partial charge on any atom is -0.396 e. The summed E-state index contributed by atoms with van der Waals surface area (Å²) in [6.07, 6.45) is 10.5. The zero-order valence-electron chi connectivity index (χ0n) is 17.3. The first-order chi connectivity index (χ1) is 14.5. The van der Waals surface area contributed by atoms with Gasteiger partial charge in [-0.15, -0.1) is 0 Å². The van der Waals surface area contributed by atoms with Gasteiger partial charge in [0.1, 0.15) is 17.2 Å². The summed E-state index contributed by atoms with van der Waals surface area (Å²) in [5, 5.41) is 14.7. The van der Waals surface area contributed by atoms with Gasteiger partial charge in [-0.3, -0.25) is 14.0 Å². The van der Waals surface area contributed by atoms with Crippen LogP contribution in [0, 0.1) is 23.2 Å². The Balaban J connectivity index is 1.29. The largest absolute Gasteiger partial charge is 0.396 e. The molecule has 4 aliphatic rings. The maximum Gasteiger partial charge on any atom is 0.271 e. The molecule has 4 aliphatic carbocycles. The molecular formula is C23H30N4O3. The number of anilines is 1. The second kappa shape index (κ2) is 7.69. The molecular weight excluding hydrogens is 380 g/mol. The van der Waals surface area contributed by atoms with E-state index in [1.165, 1.54) is 38.5 Å². The number of nitrogens with zero attached hydrogens (tertiary/aromatic N) is 2. The standard InChI is InChI=1S/C23H30N4O3/c28-6-2-5-24-22(30)18-14-27-19(25-18)3-1-4-20(27)26-21(29)13-23-10-15-7-16(11-23)9-17(8-15)12-23/h1,3-4,14-17,28H,2,5-13H2,(H,24,30)(H,26,29). The van der Waals surface area contributed by atoms with Crippen LogP contribution in [0.25, 0.3) is 5.65 Å². The average Bonchev–Trinajstić information content (AvgIpc) is 3.12. The summed E-state index contributed by atoms with van der Waals surface area (Å²) < 4.78 is 1.76. The fourth-order valence-corrected chi connectivity index (χ4v) is 6.63. The molecule has 6 rings (SSSR count). The number of hydrogen-bond donors (Lipinski definition) is 3. The summed E-state index contributed by atoms with van der Waals surface area (Å²) in [5.41, 5.74) is 1.12. The second-order valence-electron chi connectivity index (χ2n) is 9.74. The monoisotopic (exact) mass is 410 g/mol. The van der Waals surface area contributed by atoms with Crippen LogP contribution in [0.3, 0.4) is 0 Å². The number of carbonyl (C=O) groups is 2. The highest BCUT2D eigenvalue weighted by Gasteiger charge is 2.51. The molecule has 2 heterocycles. The molecule has 0 saturated heterocycles. The Labute approximate surface area is 176 Å². The van der Waals surface area contributed by atoms with Crippen LogP contribution >= 0.6 is 0 Å². The van der Waals surface area contributed by atoms with Crippen LogP contribution in [0.2, 0.25) is 0 Å². The first kappa shape index (κ1) is 19.5. The number of imidazole rings is 1. The van der Waals surface area contributed by atoms with Gasteiger partial charge >= 0.3 is 0 Å². The molecule has 4 bridgehead atoms. The Kier molecular flexibility index (Phi) is 5.01. The highest BCUT2D eigenvalue weighted by molar-refractivity contribution is 5.94. The van der Waals surface area contributed by atoms with Crippen molar-refractivity contribution >= 4 is 23.3 Å². The van der Waals surface area contributed by atoms with Crippen LogP contribution in [0.15, 0.2) is 24.4 Å². The van der Waals surface area contributed by atoms with Crippen molar-refractivity contribution in [2.24, 2.45) is 23.2 Å². The fraction of sp³-hybridized carbons (Fsp3) is 0.609. The molecule has 0 aliphatic heterocycles. The van der Waals surface area contributed by atoms with E-state index < -0.39 is 0 Å². The summed E-state index contributed by atoms with van der Waals surface area (Å²) in [6, 6.07) is 5.51. The molecule has 4 fully saturated rings. The Bertz CT molecular complexity index is 931. The summed E-state index contributed by atoms with van der Waals surface area (Å²) in [5.74, 6) is 2.91. The zero-order chi connectivity index (χ0) is 20.7. The fourth-order valence-electron chi connectivity index (χ4n) is 6.63. The summed E-state index contributed by atoms with van der Waals surface area (Å²) in [6.45, 7) is 0.434. The normalized spacial score (nSPS) is 29.3. The predicted octanol–water partition coefficient (Wildman–Crippen LogP) is 2.99. The Morgan fingerprint density at radius 3 is 2.50 bits per heavy atom. The van der Waals surface area contributed by atoms with Crippen molar-refractivity contribution in [2.45, 2.75) is 51.4 Å². The van der Waals surface area contributed by atoms with E-state index in [2.05, 4.69) is 15.6 Å². The summed E-state index contributed by atoms with van der Waals surface area (Å²) in [4.78, 5) is 29.7.